The average Bonchev–Trinajstić information content (AvgIpc) is 2.22. The summed E-state index contributed by atoms with van der Waals surface area (Å²) in [5.41, 5.74) is 0.792. The zero-order valence-electron chi connectivity index (χ0n) is 8.97. The van der Waals surface area contributed by atoms with Crippen molar-refractivity contribution in [1.82, 2.24) is 4.98 Å². The molecule has 1 heterocycles. The number of pyridine rings is 1. The van der Waals surface area contributed by atoms with Crippen LogP contribution in [0.2, 0.25) is 5.02 Å². The Kier molecular flexibility index (Phi) is 2.72. The molecular formula is C12H11ClFNO. The van der Waals surface area contributed by atoms with E-state index < -0.39 is 5.82 Å². The molecule has 4 heteroatoms. The molecule has 0 radical (unpaired) electrons. The molecule has 0 aliphatic heterocycles. The van der Waals surface area contributed by atoms with E-state index in [2.05, 4.69) is 4.98 Å². The number of H-pyrrole nitrogens is 1. The van der Waals surface area contributed by atoms with Crippen LogP contribution in [0.3, 0.4) is 0 Å². The smallest absolute Gasteiger partial charge is 0.192 e. The number of halogens is 2. The van der Waals surface area contributed by atoms with Gasteiger partial charge in [0.05, 0.1) is 15.9 Å². The van der Waals surface area contributed by atoms with Gasteiger partial charge in [-0.15, -0.1) is 0 Å². The minimum Gasteiger partial charge on any atom is -0.357 e. The highest BCUT2D eigenvalue weighted by molar-refractivity contribution is 6.35. The van der Waals surface area contributed by atoms with Gasteiger partial charge in [0.25, 0.3) is 0 Å². The van der Waals surface area contributed by atoms with Gasteiger partial charge in [0, 0.05) is 11.8 Å². The molecule has 2 aromatic rings. The van der Waals surface area contributed by atoms with E-state index in [1.807, 2.05) is 13.8 Å². The van der Waals surface area contributed by atoms with Crippen molar-refractivity contribution < 1.29 is 4.39 Å². The van der Waals surface area contributed by atoms with Gasteiger partial charge in [-0.1, -0.05) is 25.4 Å². The Hall–Kier alpha value is -1.35. The molecule has 0 spiro atoms. The van der Waals surface area contributed by atoms with E-state index in [0.29, 0.717) is 10.5 Å². The van der Waals surface area contributed by atoms with E-state index in [0.717, 1.165) is 5.69 Å². The molecule has 1 aromatic carbocycles. The van der Waals surface area contributed by atoms with Crippen molar-refractivity contribution in [3.63, 3.8) is 0 Å². The van der Waals surface area contributed by atoms with Gasteiger partial charge in [0.1, 0.15) is 5.82 Å². The molecule has 0 aliphatic carbocycles. The van der Waals surface area contributed by atoms with Crippen LogP contribution in [-0.2, 0) is 0 Å². The Balaban J connectivity index is 2.92. The largest absolute Gasteiger partial charge is 0.357 e. The summed E-state index contributed by atoms with van der Waals surface area (Å²) < 4.78 is 13.5. The maximum Gasteiger partial charge on any atom is 0.192 e. The molecule has 1 aromatic heterocycles. The summed E-state index contributed by atoms with van der Waals surface area (Å²) >= 11 is 5.94. The van der Waals surface area contributed by atoms with Gasteiger partial charge in [-0.3, -0.25) is 4.79 Å². The van der Waals surface area contributed by atoms with Crippen LogP contribution in [0.4, 0.5) is 4.39 Å². The Labute approximate surface area is 97.1 Å². The van der Waals surface area contributed by atoms with Gasteiger partial charge in [-0.05, 0) is 18.1 Å². The van der Waals surface area contributed by atoms with Crippen LogP contribution in [-0.4, -0.2) is 4.98 Å². The molecule has 0 amide bonds. The number of aromatic nitrogens is 1. The van der Waals surface area contributed by atoms with Gasteiger partial charge >= 0.3 is 0 Å². The van der Waals surface area contributed by atoms with Crippen LogP contribution >= 0.6 is 11.6 Å². The molecule has 0 saturated heterocycles. The van der Waals surface area contributed by atoms with Crippen molar-refractivity contribution in [3.05, 3.63) is 45.0 Å². The fraction of sp³-hybridized carbons (Fsp3) is 0.250. The number of hydrogen-bond acceptors (Lipinski definition) is 1. The monoisotopic (exact) mass is 239 g/mol. The van der Waals surface area contributed by atoms with Crippen molar-refractivity contribution in [3.8, 4) is 0 Å². The highest BCUT2D eigenvalue weighted by Gasteiger charge is 2.11. The third kappa shape index (κ3) is 1.71. The van der Waals surface area contributed by atoms with Crippen LogP contribution in [0.5, 0.6) is 0 Å². The summed E-state index contributed by atoms with van der Waals surface area (Å²) in [6, 6.07) is 4.07. The second kappa shape index (κ2) is 3.91. The SMILES string of the molecule is CC(C)c1cc(=O)c2c(F)ccc(Cl)c2[nH]1. The van der Waals surface area contributed by atoms with E-state index >= 15 is 0 Å². The average molecular weight is 240 g/mol. The summed E-state index contributed by atoms with van der Waals surface area (Å²) in [5.74, 6) is -0.382. The molecule has 1 N–H and O–H groups in total. The number of aromatic amines is 1. The predicted octanol–water partition coefficient (Wildman–Crippen LogP) is 3.44. The van der Waals surface area contributed by atoms with Gasteiger partial charge in [0.15, 0.2) is 5.43 Å². The van der Waals surface area contributed by atoms with Gasteiger partial charge in [0.2, 0.25) is 0 Å². The second-order valence-electron chi connectivity index (χ2n) is 4.02. The Bertz CT molecular complexity index is 604. The molecule has 0 bridgehead atoms. The molecule has 0 fully saturated rings. The lowest BCUT2D eigenvalue weighted by molar-refractivity contribution is 0.638. The highest BCUT2D eigenvalue weighted by Crippen LogP contribution is 2.23. The van der Waals surface area contributed by atoms with E-state index in [-0.39, 0.29) is 16.7 Å². The van der Waals surface area contributed by atoms with Gasteiger partial charge in [-0.25, -0.2) is 4.39 Å². The summed E-state index contributed by atoms with van der Waals surface area (Å²) in [4.78, 5) is 14.8. The van der Waals surface area contributed by atoms with E-state index in [9.17, 15) is 9.18 Å². The Morgan fingerprint density at radius 1 is 1.38 bits per heavy atom. The molecule has 84 valence electrons. The normalized spacial score (nSPS) is 11.3. The summed E-state index contributed by atoms with van der Waals surface area (Å²) in [7, 11) is 0. The van der Waals surface area contributed by atoms with Crippen molar-refractivity contribution in [2.75, 3.05) is 0 Å². The van der Waals surface area contributed by atoms with Crippen LogP contribution in [0.15, 0.2) is 23.0 Å². The third-order valence-corrected chi connectivity index (χ3v) is 2.84. The maximum atomic E-state index is 13.5. The lowest BCUT2D eigenvalue weighted by Gasteiger charge is -2.08. The van der Waals surface area contributed by atoms with Crippen LogP contribution in [0, 0.1) is 5.82 Å². The maximum absolute atomic E-state index is 13.5. The molecule has 0 unspecified atom stereocenters. The summed E-state index contributed by atoms with van der Waals surface area (Å²) in [6.45, 7) is 3.90. The number of hydrogen-bond donors (Lipinski definition) is 1. The number of rotatable bonds is 1. The quantitative estimate of drug-likeness (QED) is 0.812. The topological polar surface area (TPSA) is 32.9 Å². The second-order valence-corrected chi connectivity index (χ2v) is 4.43. The van der Waals surface area contributed by atoms with Crippen molar-refractivity contribution >= 4 is 22.5 Å². The van der Waals surface area contributed by atoms with E-state index in [1.165, 1.54) is 18.2 Å². The molecule has 16 heavy (non-hydrogen) atoms. The minimum absolute atomic E-state index is 0.0249. The molecule has 0 saturated carbocycles. The summed E-state index contributed by atoms with van der Waals surface area (Å²) in [6.07, 6.45) is 0. The Morgan fingerprint density at radius 3 is 2.69 bits per heavy atom. The van der Waals surface area contributed by atoms with Crippen LogP contribution in [0.25, 0.3) is 10.9 Å². The molecule has 0 atom stereocenters. The first-order valence-electron chi connectivity index (χ1n) is 5.01. The molecule has 0 aliphatic rings. The number of nitrogens with one attached hydrogen (secondary N) is 1. The lowest BCUT2D eigenvalue weighted by Crippen LogP contribution is -2.08. The zero-order chi connectivity index (χ0) is 11.9. The number of fused-ring (bicyclic) bond motifs is 1. The molecule has 2 nitrogen and oxygen atoms in total. The fourth-order valence-corrected chi connectivity index (χ4v) is 1.82. The van der Waals surface area contributed by atoms with Crippen molar-refractivity contribution in [2.45, 2.75) is 19.8 Å². The first kappa shape index (κ1) is 11.1. The first-order chi connectivity index (χ1) is 7.50. The Morgan fingerprint density at radius 2 is 2.06 bits per heavy atom. The fourth-order valence-electron chi connectivity index (χ4n) is 1.62. The molecule has 2 rings (SSSR count). The predicted molar refractivity (Wildman–Crippen MR) is 63.6 cm³/mol. The molecular weight excluding hydrogens is 229 g/mol. The standard InChI is InChI=1S/C12H11ClFNO/c1-6(2)9-5-10(16)11-8(14)4-3-7(13)12(11)15-9/h3-6H,1-2H3,(H,15,16). The zero-order valence-corrected chi connectivity index (χ0v) is 9.73. The van der Waals surface area contributed by atoms with Crippen molar-refractivity contribution in [2.24, 2.45) is 0 Å². The third-order valence-electron chi connectivity index (χ3n) is 2.53. The number of benzene rings is 1. The van der Waals surface area contributed by atoms with Gasteiger partial charge in [-0.2, -0.15) is 0 Å². The van der Waals surface area contributed by atoms with Crippen LogP contribution in [0.1, 0.15) is 25.5 Å². The first-order valence-corrected chi connectivity index (χ1v) is 5.39. The highest BCUT2D eigenvalue weighted by atomic mass is 35.5. The van der Waals surface area contributed by atoms with E-state index in [4.69, 9.17) is 11.6 Å². The minimum atomic E-state index is -0.545. The van der Waals surface area contributed by atoms with Crippen molar-refractivity contribution in [1.29, 1.82) is 0 Å². The van der Waals surface area contributed by atoms with Crippen LogP contribution < -0.4 is 5.43 Å². The van der Waals surface area contributed by atoms with E-state index in [1.54, 1.807) is 0 Å². The van der Waals surface area contributed by atoms with Gasteiger partial charge < -0.3 is 4.98 Å². The summed E-state index contributed by atoms with van der Waals surface area (Å²) in [5, 5.41) is 0.382. The lowest BCUT2D eigenvalue weighted by atomic mass is 10.1.